The van der Waals surface area contributed by atoms with Crippen LogP contribution < -0.4 is 0 Å². The number of hydrogen-bond donors (Lipinski definition) is 1. The van der Waals surface area contributed by atoms with Crippen LogP contribution in [-0.2, 0) is 16.1 Å². The van der Waals surface area contributed by atoms with Crippen molar-refractivity contribution in [2.45, 2.75) is 6.61 Å². The van der Waals surface area contributed by atoms with Crippen LogP contribution >= 0.6 is 11.6 Å². The quantitative estimate of drug-likeness (QED) is 0.630. The molecule has 4 nitrogen and oxygen atoms in total. The van der Waals surface area contributed by atoms with E-state index in [4.69, 9.17) is 21.4 Å². The molecule has 0 spiro atoms. The maximum atomic E-state index is 11.1. The Labute approximate surface area is 91.4 Å². The maximum Gasteiger partial charge on any atom is 0.377 e. The molecule has 5 heteroatoms. The Morgan fingerprint density at radius 1 is 1.47 bits per heavy atom. The molecular formula is C10H9ClO4. The van der Waals surface area contributed by atoms with Gasteiger partial charge in [-0.2, -0.15) is 0 Å². The summed E-state index contributed by atoms with van der Waals surface area (Å²) in [6.45, 7) is 0.320. The van der Waals surface area contributed by atoms with Crippen LogP contribution in [0.1, 0.15) is 15.9 Å². The Kier molecular flexibility index (Phi) is 3.82. The molecule has 0 heterocycles. The summed E-state index contributed by atoms with van der Waals surface area (Å²) < 4.78 is 4.87. The molecule has 0 aromatic heterocycles. The van der Waals surface area contributed by atoms with Gasteiger partial charge in [-0.15, -0.1) is 0 Å². The average Bonchev–Trinajstić information content (AvgIpc) is 2.20. The number of ether oxygens (including phenoxy) is 1. The van der Waals surface area contributed by atoms with Crippen LogP contribution in [0, 0.1) is 0 Å². The number of carboxylic acid groups (broad SMARTS) is 1. The first-order chi connectivity index (χ1) is 7.06. The first kappa shape index (κ1) is 11.7. The third kappa shape index (κ3) is 2.78. The van der Waals surface area contributed by atoms with Crippen molar-refractivity contribution >= 4 is 23.4 Å². The lowest BCUT2D eigenvalue weighted by Crippen LogP contribution is -2.12. The Hall–Kier alpha value is -1.39. The van der Waals surface area contributed by atoms with E-state index < -0.39 is 11.8 Å². The number of carbonyl (C=O) groups excluding carboxylic acids is 1. The van der Waals surface area contributed by atoms with Gasteiger partial charge in [0.25, 0.3) is 5.78 Å². The Bertz CT molecular complexity index is 400. The zero-order chi connectivity index (χ0) is 11.4. The minimum atomic E-state index is -1.49. The average molecular weight is 229 g/mol. The lowest BCUT2D eigenvalue weighted by Gasteiger charge is -2.04. The van der Waals surface area contributed by atoms with Gasteiger partial charge in [0, 0.05) is 17.7 Å². The Morgan fingerprint density at radius 2 is 2.13 bits per heavy atom. The van der Waals surface area contributed by atoms with Crippen LogP contribution in [0.4, 0.5) is 0 Å². The molecule has 1 aromatic rings. The molecule has 15 heavy (non-hydrogen) atoms. The van der Waals surface area contributed by atoms with Gasteiger partial charge < -0.3 is 9.84 Å². The van der Waals surface area contributed by atoms with Crippen molar-refractivity contribution in [2.75, 3.05) is 7.11 Å². The predicted molar refractivity (Wildman–Crippen MR) is 54.1 cm³/mol. The van der Waals surface area contributed by atoms with E-state index in [1.165, 1.54) is 19.2 Å². The second-order valence-electron chi connectivity index (χ2n) is 2.87. The second-order valence-corrected chi connectivity index (χ2v) is 3.28. The molecule has 0 aliphatic carbocycles. The molecule has 0 atom stereocenters. The molecule has 0 aliphatic rings. The Balaban J connectivity index is 3.01. The van der Waals surface area contributed by atoms with Gasteiger partial charge in [0.1, 0.15) is 0 Å². The second kappa shape index (κ2) is 4.91. The van der Waals surface area contributed by atoms with E-state index in [1.54, 1.807) is 6.07 Å². The van der Waals surface area contributed by atoms with E-state index >= 15 is 0 Å². The van der Waals surface area contributed by atoms with Crippen LogP contribution in [0.25, 0.3) is 0 Å². The molecule has 1 N–H and O–H groups in total. The van der Waals surface area contributed by atoms with Gasteiger partial charge in [0.15, 0.2) is 0 Å². The van der Waals surface area contributed by atoms with E-state index in [0.717, 1.165) is 0 Å². The smallest absolute Gasteiger partial charge is 0.377 e. The van der Waals surface area contributed by atoms with Crippen molar-refractivity contribution in [1.82, 2.24) is 0 Å². The van der Waals surface area contributed by atoms with Gasteiger partial charge in [-0.25, -0.2) is 4.79 Å². The minimum absolute atomic E-state index is 0.0624. The van der Waals surface area contributed by atoms with Crippen LogP contribution in [0.15, 0.2) is 18.2 Å². The normalized spacial score (nSPS) is 10.0. The number of aliphatic carboxylic acids is 1. The standard InChI is InChI=1S/C10H9ClO4/c1-15-5-7-3-2-6(4-8(7)11)9(12)10(13)14/h2-4H,5H2,1H3,(H,13,14). The van der Waals surface area contributed by atoms with Crippen molar-refractivity contribution in [3.05, 3.63) is 34.3 Å². The molecule has 0 unspecified atom stereocenters. The lowest BCUT2D eigenvalue weighted by molar-refractivity contribution is -0.131. The number of ketones is 1. The largest absolute Gasteiger partial charge is 0.475 e. The summed E-state index contributed by atoms with van der Waals surface area (Å²) in [6, 6.07) is 4.31. The van der Waals surface area contributed by atoms with Gasteiger partial charge in [-0.3, -0.25) is 4.79 Å². The molecule has 80 valence electrons. The number of rotatable bonds is 4. The number of hydrogen-bond acceptors (Lipinski definition) is 3. The van der Waals surface area contributed by atoms with Crippen LogP contribution in [0.5, 0.6) is 0 Å². The molecule has 0 aliphatic heterocycles. The molecule has 0 saturated carbocycles. The van der Waals surface area contributed by atoms with E-state index in [1.807, 2.05) is 0 Å². The Morgan fingerprint density at radius 3 is 2.60 bits per heavy atom. The van der Waals surface area contributed by atoms with Crippen LogP contribution in [0.3, 0.4) is 0 Å². The zero-order valence-corrected chi connectivity index (χ0v) is 8.75. The molecule has 0 bridgehead atoms. The lowest BCUT2D eigenvalue weighted by atomic mass is 10.1. The molecule has 0 amide bonds. The molecule has 0 radical (unpaired) electrons. The monoisotopic (exact) mass is 228 g/mol. The molecule has 0 saturated heterocycles. The first-order valence-corrected chi connectivity index (χ1v) is 4.49. The number of Topliss-reactive ketones (excluding diaryl/α,β-unsaturated/α-hetero) is 1. The summed E-state index contributed by atoms with van der Waals surface area (Å²) in [5, 5.41) is 8.80. The third-order valence-corrected chi connectivity index (χ3v) is 2.16. The van der Waals surface area contributed by atoms with Crippen molar-refractivity contribution in [2.24, 2.45) is 0 Å². The predicted octanol–water partition coefficient (Wildman–Crippen LogP) is 1.75. The zero-order valence-electron chi connectivity index (χ0n) is 7.99. The minimum Gasteiger partial charge on any atom is -0.475 e. The van der Waals surface area contributed by atoms with Crippen molar-refractivity contribution in [3.8, 4) is 0 Å². The van der Waals surface area contributed by atoms with E-state index in [0.29, 0.717) is 17.2 Å². The highest BCUT2D eigenvalue weighted by molar-refractivity contribution is 6.40. The van der Waals surface area contributed by atoms with Gasteiger partial charge in [0.2, 0.25) is 0 Å². The van der Waals surface area contributed by atoms with Crippen LogP contribution in [0.2, 0.25) is 5.02 Å². The summed E-state index contributed by atoms with van der Waals surface area (Å²) in [7, 11) is 1.52. The van der Waals surface area contributed by atoms with E-state index in [2.05, 4.69) is 0 Å². The number of methoxy groups -OCH3 is 1. The fourth-order valence-corrected chi connectivity index (χ4v) is 1.32. The highest BCUT2D eigenvalue weighted by atomic mass is 35.5. The molecular weight excluding hydrogens is 220 g/mol. The molecule has 0 fully saturated rings. The first-order valence-electron chi connectivity index (χ1n) is 4.11. The number of benzene rings is 1. The van der Waals surface area contributed by atoms with Gasteiger partial charge >= 0.3 is 5.97 Å². The fourth-order valence-electron chi connectivity index (χ4n) is 1.08. The molecule has 1 rings (SSSR count). The topological polar surface area (TPSA) is 63.6 Å². The summed E-state index contributed by atoms with van der Waals surface area (Å²) >= 11 is 5.83. The highest BCUT2D eigenvalue weighted by Crippen LogP contribution is 2.19. The summed E-state index contributed by atoms with van der Waals surface area (Å²) in [5.74, 6) is -2.47. The number of carboxylic acids is 1. The van der Waals surface area contributed by atoms with Crippen molar-refractivity contribution < 1.29 is 19.4 Å². The molecule has 1 aromatic carbocycles. The number of halogens is 1. The van der Waals surface area contributed by atoms with E-state index in [-0.39, 0.29) is 5.56 Å². The van der Waals surface area contributed by atoms with Crippen molar-refractivity contribution in [3.63, 3.8) is 0 Å². The van der Waals surface area contributed by atoms with Gasteiger partial charge in [0.05, 0.1) is 6.61 Å². The SMILES string of the molecule is COCc1ccc(C(=O)C(=O)O)cc1Cl. The van der Waals surface area contributed by atoms with E-state index in [9.17, 15) is 9.59 Å². The highest BCUT2D eigenvalue weighted by Gasteiger charge is 2.15. The van der Waals surface area contributed by atoms with Gasteiger partial charge in [-0.05, 0) is 11.6 Å². The van der Waals surface area contributed by atoms with Crippen molar-refractivity contribution in [1.29, 1.82) is 0 Å². The maximum absolute atomic E-state index is 11.1. The van der Waals surface area contributed by atoms with Gasteiger partial charge in [-0.1, -0.05) is 23.7 Å². The third-order valence-electron chi connectivity index (χ3n) is 1.81. The summed E-state index contributed by atoms with van der Waals surface area (Å²) in [6.07, 6.45) is 0. The number of carbonyl (C=O) groups is 2. The summed E-state index contributed by atoms with van der Waals surface area (Å²) in [4.78, 5) is 21.5. The van der Waals surface area contributed by atoms with Crippen LogP contribution in [-0.4, -0.2) is 24.0 Å². The fraction of sp³-hybridized carbons (Fsp3) is 0.200. The summed E-state index contributed by atoms with van der Waals surface area (Å²) in [5.41, 5.74) is 0.772.